The normalized spacial score (nSPS) is 16.8. The minimum Gasteiger partial charge on any atom is -0.376 e. The Morgan fingerprint density at radius 1 is 1.30 bits per heavy atom. The molecule has 2 aromatic rings. The van der Waals surface area contributed by atoms with Gasteiger partial charge in [0.05, 0.1) is 11.6 Å². The molecule has 1 aromatic heterocycles. The van der Waals surface area contributed by atoms with E-state index in [9.17, 15) is 9.59 Å². The Kier molecular flexibility index (Phi) is 6.13. The van der Waals surface area contributed by atoms with E-state index in [0.717, 1.165) is 42.5 Å². The Balaban J connectivity index is 1.75. The third-order valence-electron chi connectivity index (χ3n) is 4.85. The van der Waals surface area contributed by atoms with E-state index in [1.165, 1.54) is 0 Å². The van der Waals surface area contributed by atoms with Crippen LogP contribution in [0.15, 0.2) is 29.1 Å². The topological polar surface area (TPSA) is 77.7 Å². The molecule has 0 unspecified atom stereocenters. The second-order valence-electron chi connectivity index (χ2n) is 7.39. The van der Waals surface area contributed by atoms with Crippen LogP contribution in [0, 0.1) is 6.92 Å². The minimum absolute atomic E-state index is 0.105. The predicted octanol–water partition coefficient (Wildman–Crippen LogP) is 2.41. The smallest absolute Gasteiger partial charge is 0.321 e. The van der Waals surface area contributed by atoms with Crippen molar-refractivity contribution in [1.82, 2.24) is 14.8 Å². The number of anilines is 1. The summed E-state index contributed by atoms with van der Waals surface area (Å²) in [4.78, 5) is 31.3. The number of ether oxygens (including phenoxy) is 1. The number of carbonyl (C=O) groups is 1. The van der Waals surface area contributed by atoms with Crippen LogP contribution in [-0.2, 0) is 4.74 Å². The summed E-state index contributed by atoms with van der Waals surface area (Å²) in [6.45, 7) is 4.67. The SMILES string of the molecule is Cc1cc(=O)[nH]c2cc(NC(=O)N(CCN(C)C)C[C@@H]3CCCO3)ccc12. The Morgan fingerprint density at radius 2 is 2.11 bits per heavy atom. The monoisotopic (exact) mass is 372 g/mol. The van der Waals surface area contributed by atoms with E-state index in [-0.39, 0.29) is 17.7 Å². The molecule has 27 heavy (non-hydrogen) atoms. The fraction of sp³-hybridized carbons (Fsp3) is 0.500. The zero-order chi connectivity index (χ0) is 19.4. The molecule has 2 N–H and O–H groups in total. The quantitative estimate of drug-likeness (QED) is 0.816. The number of aromatic amines is 1. The number of hydrogen-bond donors (Lipinski definition) is 2. The van der Waals surface area contributed by atoms with Crippen molar-refractivity contribution in [3.8, 4) is 0 Å². The van der Waals surface area contributed by atoms with E-state index in [2.05, 4.69) is 15.2 Å². The molecule has 1 atom stereocenters. The first-order chi connectivity index (χ1) is 12.9. The van der Waals surface area contributed by atoms with Gasteiger partial charge in [-0.3, -0.25) is 4.79 Å². The lowest BCUT2D eigenvalue weighted by molar-refractivity contribution is 0.0820. The Hall–Kier alpha value is -2.38. The van der Waals surface area contributed by atoms with Crippen LogP contribution in [0.1, 0.15) is 18.4 Å². The van der Waals surface area contributed by atoms with Gasteiger partial charge in [-0.2, -0.15) is 0 Å². The van der Waals surface area contributed by atoms with Gasteiger partial charge in [0.25, 0.3) is 0 Å². The number of likely N-dealkylation sites (N-methyl/N-ethyl adjacent to an activating group) is 1. The zero-order valence-electron chi connectivity index (χ0n) is 16.2. The van der Waals surface area contributed by atoms with Gasteiger partial charge in [0, 0.05) is 43.4 Å². The molecule has 0 bridgehead atoms. The molecular weight excluding hydrogens is 344 g/mol. The molecule has 1 aliphatic heterocycles. The van der Waals surface area contributed by atoms with E-state index in [1.54, 1.807) is 17.0 Å². The fourth-order valence-electron chi connectivity index (χ4n) is 3.35. The molecule has 0 radical (unpaired) electrons. The van der Waals surface area contributed by atoms with Crippen LogP contribution in [-0.4, -0.2) is 67.3 Å². The Bertz CT molecular complexity index is 856. The molecule has 1 fully saturated rings. The summed E-state index contributed by atoms with van der Waals surface area (Å²) in [7, 11) is 3.98. The molecule has 2 heterocycles. The number of urea groups is 1. The van der Waals surface area contributed by atoms with Crippen LogP contribution in [0.2, 0.25) is 0 Å². The minimum atomic E-state index is -0.151. The number of nitrogens with one attached hydrogen (secondary N) is 2. The number of nitrogens with zero attached hydrogens (tertiary/aromatic N) is 2. The predicted molar refractivity (Wildman–Crippen MR) is 107 cm³/mol. The van der Waals surface area contributed by atoms with Crippen molar-refractivity contribution in [1.29, 1.82) is 0 Å². The van der Waals surface area contributed by atoms with Gasteiger partial charge in [0.15, 0.2) is 0 Å². The molecule has 1 aliphatic rings. The van der Waals surface area contributed by atoms with Gasteiger partial charge in [0.2, 0.25) is 5.56 Å². The molecule has 0 aliphatic carbocycles. The summed E-state index contributed by atoms with van der Waals surface area (Å²) >= 11 is 0. The first-order valence-corrected chi connectivity index (χ1v) is 9.38. The number of amides is 2. The lowest BCUT2D eigenvalue weighted by Crippen LogP contribution is -2.43. The number of pyridine rings is 1. The van der Waals surface area contributed by atoms with Crippen molar-refractivity contribution in [2.75, 3.05) is 45.7 Å². The van der Waals surface area contributed by atoms with Crippen molar-refractivity contribution >= 4 is 22.6 Å². The maximum Gasteiger partial charge on any atom is 0.321 e. The van der Waals surface area contributed by atoms with Gasteiger partial charge in [0.1, 0.15) is 0 Å². The van der Waals surface area contributed by atoms with E-state index in [0.29, 0.717) is 18.8 Å². The van der Waals surface area contributed by atoms with Gasteiger partial charge < -0.3 is 24.8 Å². The van der Waals surface area contributed by atoms with Gasteiger partial charge in [-0.15, -0.1) is 0 Å². The van der Waals surface area contributed by atoms with Crippen LogP contribution < -0.4 is 10.9 Å². The number of aryl methyl sites for hydroxylation is 1. The first-order valence-electron chi connectivity index (χ1n) is 9.38. The number of carbonyl (C=O) groups excluding carboxylic acids is 1. The summed E-state index contributed by atoms with van der Waals surface area (Å²) in [6, 6.07) is 7.01. The second-order valence-corrected chi connectivity index (χ2v) is 7.39. The number of aromatic nitrogens is 1. The number of benzene rings is 1. The summed E-state index contributed by atoms with van der Waals surface area (Å²) in [6.07, 6.45) is 2.14. The molecule has 7 nitrogen and oxygen atoms in total. The molecule has 146 valence electrons. The molecule has 1 saturated heterocycles. The van der Waals surface area contributed by atoms with E-state index >= 15 is 0 Å². The van der Waals surface area contributed by atoms with E-state index in [1.807, 2.05) is 33.2 Å². The lowest BCUT2D eigenvalue weighted by atomic mass is 10.1. The van der Waals surface area contributed by atoms with Crippen LogP contribution in [0.5, 0.6) is 0 Å². The van der Waals surface area contributed by atoms with E-state index in [4.69, 9.17) is 4.74 Å². The molecule has 1 aromatic carbocycles. The van der Waals surface area contributed by atoms with Gasteiger partial charge in [-0.1, -0.05) is 6.07 Å². The van der Waals surface area contributed by atoms with Crippen LogP contribution in [0.3, 0.4) is 0 Å². The zero-order valence-corrected chi connectivity index (χ0v) is 16.2. The summed E-state index contributed by atoms with van der Waals surface area (Å²) in [5.41, 5.74) is 2.15. The summed E-state index contributed by atoms with van der Waals surface area (Å²) in [5.74, 6) is 0. The molecule has 0 spiro atoms. The summed E-state index contributed by atoms with van der Waals surface area (Å²) < 4.78 is 5.70. The third-order valence-corrected chi connectivity index (χ3v) is 4.85. The van der Waals surface area contributed by atoms with Gasteiger partial charge in [-0.25, -0.2) is 4.79 Å². The molecule has 7 heteroatoms. The highest BCUT2D eigenvalue weighted by Crippen LogP contribution is 2.20. The number of rotatable bonds is 6. The van der Waals surface area contributed by atoms with E-state index < -0.39 is 0 Å². The largest absolute Gasteiger partial charge is 0.376 e. The Labute approximate surface area is 159 Å². The Morgan fingerprint density at radius 3 is 2.81 bits per heavy atom. The van der Waals surface area contributed by atoms with Crippen molar-refractivity contribution in [2.45, 2.75) is 25.9 Å². The highest BCUT2D eigenvalue weighted by Gasteiger charge is 2.22. The molecular formula is C20H28N4O3. The van der Waals surface area contributed by atoms with Crippen molar-refractivity contribution in [3.05, 3.63) is 40.2 Å². The van der Waals surface area contributed by atoms with Crippen molar-refractivity contribution in [2.24, 2.45) is 0 Å². The average molecular weight is 372 g/mol. The van der Waals surface area contributed by atoms with Gasteiger partial charge in [-0.05, 0) is 51.6 Å². The fourth-order valence-corrected chi connectivity index (χ4v) is 3.35. The standard InChI is InChI=1S/C20H28N4O3/c1-14-11-19(25)22-18-12-15(6-7-17(14)18)21-20(26)24(9-8-23(2)3)13-16-5-4-10-27-16/h6-7,11-12,16H,4-5,8-10,13H2,1-3H3,(H,21,26)(H,22,25)/t16-/m0/s1. The van der Waals surface area contributed by atoms with Crippen LogP contribution in [0.4, 0.5) is 10.5 Å². The van der Waals surface area contributed by atoms with Gasteiger partial charge >= 0.3 is 6.03 Å². The molecule has 2 amide bonds. The molecule has 3 rings (SSSR count). The van der Waals surface area contributed by atoms with Crippen molar-refractivity contribution in [3.63, 3.8) is 0 Å². The maximum absolute atomic E-state index is 12.9. The lowest BCUT2D eigenvalue weighted by Gasteiger charge is -2.27. The summed E-state index contributed by atoms with van der Waals surface area (Å²) in [5, 5.41) is 3.93. The first kappa shape index (κ1) is 19.4. The maximum atomic E-state index is 12.9. The highest BCUT2D eigenvalue weighted by atomic mass is 16.5. The molecule has 0 saturated carbocycles. The number of hydrogen-bond acceptors (Lipinski definition) is 4. The highest BCUT2D eigenvalue weighted by molar-refractivity contribution is 5.93. The van der Waals surface area contributed by atoms with Crippen molar-refractivity contribution < 1.29 is 9.53 Å². The van der Waals surface area contributed by atoms with Crippen LogP contribution in [0.25, 0.3) is 10.9 Å². The third kappa shape index (κ3) is 5.08. The number of fused-ring (bicyclic) bond motifs is 1. The second kappa shape index (κ2) is 8.54. The van der Waals surface area contributed by atoms with Crippen LogP contribution >= 0.6 is 0 Å². The average Bonchev–Trinajstić information content (AvgIpc) is 3.11. The number of H-pyrrole nitrogens is 1.